The molecular weight excluding hydrogens is 569 g/mol. The summed E-state index contributed by atoms with van der Waals surface area (Å²) in [6, 6.07) is 17.9. The number of nitrogens with zero attached hydrogens (tertiary/aromatic N) is 7. The molecular formula is C28H23ClFN7OS2. The van der Waals surface area contributed by atoms with Crippen LogP contribution in [0.5, 0.6) is 0 Å². The highest BCUT2D eigenvalue weighted by atomic mass is 35.5. The number of anilines is 1. The molecule has 0 spiro atoms. The lowest BCUT2D eigenvalue weighted by Gasteiger charge is -2.35. The van der Waals surface area contributed by atoms with E-state index in [-0.39, 0.29) is 11.7 Å². The van der Waals surface area contributed by atoms with Crippen molar-refractivity contribution in [2.75, 3.05) is 31.1 Å². The van der Waals surface area contributed by atoms with Crippen LogP contribution >= 0.6 is 34.7 Å². The van der Waals surface area contributed by atoms with E-state index in [0.29, 0.717) is 46.2 Å². The molecule has 1 fully saturated rings. The lowest BCUT2D eigenvalue weighted by atomic mass is 10.2. The summed E-state index contributed by atoms with van der Waals surface area (Å²) in [6.07, 6.45) is 3.34. The average Bonchev–Trinajstić information content (AvgIpc) is 3.64. The molecule has 202 valence electrons. The predicted molar refractivity (Wildman–Crippen MR) is 156 cm³/mol. The Morgan fingerprint density at radius 3 is 2.65 bits per heavy atom. The molecule has 0 bridgehead atoms. The summed E-state index contributed by atoms with van der Waals surface area (Å²) in [5.74, 6) is 0.492. The maximum Gasteiger partial charge on any atom is 0.273 e. The van der Waals surface area contributed by atoms with Gasteiger partial charge >= 0.3 is 0 Å². The van der Waals surface area contributed by atoms with Crippen LogP contribution in [0.3, 0.4) is 0 Å². The van der Waals surface area contributed by atoms with Gasteiger partial charge in [-0.05, 0) is 42.5 Å². The van der Waals surface area contributed by atoms with E-state index in [1.54, 1.807) is 46.6 Å². The van der Waals surface area contributed by atoms with Gasteiger partial charge in [0.2, 0.25) is 0 Å². The van der Waals surface area contributed by atoms with Crippen LogP contribution in [0.1, 0.15) is 15.5 Å². The van der Waals surface area contributed by atoms with Crippen molar-refractivity contribution in [2.45, 2.75) is 10.9 Å². The summed E-state index contributed by atoms with van der Waals surface area (Å²) >= 11 is 8.95. The van der Waals surface area contributed by atoms with E-state index in [1.807, 2.05) is 35.2 Å². The van der Waals surface area contributed by atoms with Crippen LogP contribution in [0, 0.1) is 5.82 Å². The average molecular weight is 592 g/mol. The number of thiazole rings is 1. The molecule has 12 heteroatoms. The molecule has 2 aromatic carbocycles. The topological polar surface area (TPSA) is 80.0 Å². The lowest BCUT2D eigenvalue weighted by molar-refractivity contribution is 0.0741. The minimum atomic E-state index is -0.383. The van der Waals surface area contributed by atoms with Crippen LogP contribution in [-0.2, 0) is 5.75 Å². The van der Waals surface area contributed by atoms with Crippen molar-refractivity contribution in [3.05, 3.63) is 100.0 Å². The smallest absolute Gasteiger partial charge is 0.273 e. The summed E-state index contributed by atoms with van der Waals surface area (Å²) in [5.41, 5.74) is 2.56. The first kappa shape index (κ1) is 26.4. The maximum absolute atomic E-state index is 14.8. The molecule has 4 heterocycles. The molecule has 1 aliphatic heterocycles. The van der Waals surface area contributed by atoms with Crippen molar-refractivity contribution >= 4 is 46.3 Å². The van der Waals surface area contributed by atoms with Gasteiger partial charge in [-0.25, -0.2) is 9.37 Å². The van der Waals surface area contributed by atoms with E-state index in [1.165, 1.54) is 29.2 Å². The normalized spacial score (nSPS) is 13.6. The number of hydrogen-bond donors (Lipinski definition) is 0. The van der Waals surface area contributed by atoms with Crippen molar-refractivity contribution in [2.24, 2.45) is 0 Å². The first-order chi connectivity index (χ1) is 19.6. The Hall–Kier alpha value is -3.80. The molecule has 1 amide bonds. The van der Waals surface area contributed by atoms with E-state index in [0.717, 1.165) is 29.3 Å². The summed E-state index contributed by atoms with van der Waals surface area (Å²) in [7, 11) is 0. The molecule has 3 aromatic heterocycles. The van der Waals surface area contributed by atoms with Crippen LogP contribution in [0.4, 0.5) is 10.1 Å². The third-order valence-corrected chi connectivity index (χ3v) is 8.69. The van der Waals surface area contributed by atoms with Crippen molar-refractivity contribution < 1.29 is 9.18 Å². The fourth-order valence-corrected chi connectivity index (χ4v) is 6.42. The van der Waals surface area contributed by atoms with Gasteiger partial charge in [0.1, 0.15) is 16.5 Å². The number of carbonyl (C=O) groups excluding carboxylic acids is 1. The Kier molecular flexibility index (Phi) is 7.76. The first-order valence-corrected chi connectivity index (χ1v) is 14.8. The lowest BCUT2D eigenvalue weighted by Crippen LogP contribution is -2.48. The minimum absolute atomic E-state index is 0.0772. The Bertz CT molecular complexity index is 1640. The zero-order valence-electron chi connectivity index (χ0n) is 21.2. The van der Waals surface area contributed by atoms with Crippen LogP contribution in [-0.4, -0.2) is 61.7 Å². The number of rotatable bonds is 7. The van der Waals surface area contributed by atoms with Gasteiger partial charge in [0.15, 0.2) is 11.0 Å². The number of pyridine rings is 1. The number of carbonyl (C=O) groups is 1. The first-order valence-electron chi connectivity index (χ1n) is 12.5. The van der Waals surface area contributed by atoms with Crippen molar-refractivity contribution in [1.29, 1.82) is 0 Å². The van der Waals surface area contributed by atoms with E-state index < -0.39 is 0 Å². The van der Waals surface area contributed by atoms with Crippen molar-refractivity contribution in [3.8, 4) is 17.1 Å². The SMILES string of the molecule is O=C(c1csc(CSc2nnc(-c3cccnc3)n2-c2ccccc2F)n1)N1CCN(c2cccc(Cl)c2)CC1. The Labute approximate surface area is 243 Å². The summed E-state index contributed by atoms with van der Waals surface area (Å²) in [6.45, 7) is 2.67. The van der Waals surface area contributed by atoms with Gasteiger partial charge in [0.05, 0.1) is 11.4 Å². The van der Waals surface area contributed by atoms with E-state index in [4.69, 9.17) is 11.6 Å². The highest BCUT2D eigenvalue weighted by Gasteiger charge is 2.25. The Balaban J connectivity index is 1.14. The number of aromatic nitrogens is 5. The Morgan fingerprint density at radius 1 is 1.02 bits per heavy atom. The number of piperazine rings is 1. The van der Waals surface area contributed by atoms with Crippen LogP contribution in [0.2, 0.25) is 5.02 Å². The molecule has 0 N–H and O–H groups in total. The maximum atomic E-state index is 14.8. The highest BCUT2D eigenvalue weighted by molar-refractivity contribution is 7.98. The second-order valence-electron chi connectivity index (χ2n) is 9.01. The largest absolute Gasteiger partial charge is 0.368 e. The Morgan fingerprint density at radius 2 is 1.88 bits per heavy atom. The van der Waals surface area contributed by atoms with E-state index in [2.05, 4.69) is 25.1 Å². The zero-order chi connectivity index (χ0) is 27.5. The van der Waals surface area contributed by atoms with Gasteiger partial charge < -0.3 is 9.80 Å². The number of amides is 1. The van der Waals surface area contributed by atoms with Gasteiger partial charge in [-0.3, -0.25) is 14.3 Å². The summed E-state index contributed by atoms with van der Waals surface area (Å²) in [4.78, 5) is 26.0. The molecule has 40 heavy (non-hydrogen) atoms. The summed E-state index contributed by atoms with van der Waals surface area (Å²) < 4.78 is 16.5. The summed E-state index contributed by atoms with van der Waals surface area (Å²) in [5, 5.41) is 12.5. The molecule has 6 rings (SSSR count). The predicted octanol–water partition coefficient (Wildman–Crippen LogP) is 5.83. The fraction of sp³-hybridized carbons (Fsp3) is 0.179. The number of hydrogen-bond acceptors (Lipinski definition) is 8. The quantitative estimate of drug-likeness (QED) is 0.220. The van der Waals surface area contributed by atoms with Gasteiger partial charge in [-0.2, -0.15) is 0 Å². The zero-order valence-corrected chi connectivity index (χ0v) is 23.5. The van der Waals surface area contributed by atoms with E-state index >= 15 is 0 Å². The molecule has 0 unspecified atom stereocenters. The third kappa shape index (κ3) is 5.58. The molecule has 1 aliphatic rings. The molecule has 1 saturated heterocycles. The number of thioether (sulfide) groups is 1. The molecule has 5 aromatic rings. The minimum Gasteiger partial charge on any atom is -0.368 e. The van der Waals surface area contributed by atoms with Crippen LogP contribution in [0.15, 0.2) is 83.6 Å². The second kappa shape index (κ2) is 11.7. The molecule has 0 aliphatic carbocycles. The number of benzene rings is 2. The van der Waals surface area contributed by atoms with Gasteiger partial charge in [-0.1, -0.05) is 41.6 Å². The number of para-hydroxylation sites is 1. The standard InChI is InChI=1S/C28H23ClFN7OS2/c29-20-6-3-7-21(15-20)35-11-13-36(14-12-35)27(38)23-17-39-25(32-23)18-40-28-34-33-26(19-5-4-10-31-16-19)37(28)24-9-2-1-8-22(24)30/h1-10,15-17H,11-14,18H2. The van der Waals surface area contributed by atoms with Crippen LogP contribution < -0.4 is 4.90 Å². The fourth-order valence-electron chi connectivity index (χ4n) is 4.50. The van der Waals surface area contributed by atoms with Gasteiger partial charge in [-0.15, -0.1) is 21.5 Å². The number of halogens is 2. The second-order valence-corrected chi connectivity index (χ2v) is 11.3. The molecule has 0 atom stereocenters. The molecule has 8 nitrogen and oxygen atoms in total. The van der Waals surface area contributed by atoms with Gasteiger partial charge in [0.25, 0.3) is 5.91 Å². The third-order valence-electron chi connectivity index (χ3n) is 6.48. The van der Waals surface area contributed by atoms with Gasteiger partial charge in [0, 0.05) is 60.2 Å². The van der Waals surface area contributed by atoms with Crippen molar-refractivity contribution in [1.82, 2.24) is 29.6 Å². The van der Waals surface area contributed by atoms with Crippen LogP contribution in [0.25, 0.3) is 17.1 Å². The highest BCUT2D eigenvalue weighted by Crippen LogP contribution is 2.31. The molecule has 0 radical (unpaired) electrons. The van der Waals surface area contributed by atoms with Crippen molar-refractivity contribution in [3.63, 3.8) is 0 Å². The van der Waals surface area contributed by atoms with E-state index in [9.17, 15) is 9.18 Å². The molecule has 0 saturated carbocycles. The monoisotopic (exact) mass is 591 g/mol.